The van der Waals surface area contributed by atoms with Crippen molar-refractivity contribution in [3.63, 3.8) is 0 Å². The van der Waals surface area contributed by atoms with Crippen molar-refractivity contribution in [2.75, 3.05) is 18.0 Å². The van der Waals surface area contributed by atoms with Crippen LogP contribution in [0.25, 0.3) is 0 Å². The Bertz CT molecular complexity index is 288. The Morgan fingerprint density at radius 2 is 2.14 bits per heavy atom. The molecule has 0 aliphatic carbocycles. The minimum atomic E-state index is 0.497. The van der Waals surface area contributed by atoms with Crippen LogP contribution in [0, 0.1) is 5.92 Å². The molecule has 1 rings (SSSR count). The van der Waals surface area contributed by atoms with Crippen molar-refractivity contribution in [3.8, 4) is 0 Å². The van der Waals surface area contributed by atoms with E-state index in [1.807, 2.05) is 0 Å². The van der Waals surface area contributed by atoms with Crippen molar-refractivity contribution in [2.24, 2.45) is 5.92 Å². The summed E-state index contributed by atoms with van der Waals surface area (Å²) in [6.45, 7) is 8.41. The maximum absolute atomic E-state index is 5.80. The molecule has 4 heteroatoms. The van der Waals surface area contributed by atoms with Gasteiger partial charge in [-0.05, 0) is 12.8 Å². The van der Waals surface area contributed by atoms with Gasteiger partial charge in [0, 0.05) is 19.2 Å². The molecule has 0 fully saturated rings. The minimum absolute atomic E-state index is 0.497. The molecule has 0 spiro atoms. The number of anilines is 1. The van der Waals surface area contributed by atoms with Gasteiger partial charge in [0.15, 0.2) is 0 Å². The fourth-order valence-electron chi connectivity index (χ4n) is 1.32. The molecule has 0 aliphatic heterocycles. The zero-order chi connectivity index (χ0) is 10.6. The van der Waals surface area contributed by atoms with E-state index in [0.717, 1.165) is 18.9 Å². The number of hydrogen-bond acceptors (Lipinski definition) is 3. The summed E-state index contributed by atoms with van der Waals surface area (Å²) in [6, 6.07) is 1.80. The summed E-state index contributed by atoms with van der Waals surface area (Å²) >= 11 is 5.80. The molecule has 78 valence electrons. The van der Waals surface area contributed by atoms with Crippen molar-refractivity contribution in [1.82, 2.24) is 9.97 Å². The van der Waals surface area contributed by atoms with Crippen LogP contribution >= 0.6 is 11.6 Å². The van der Waals surface area contributed by atoms with Gasteiger partial charge in [0.05, 0.1) is 0 Å². The molecule has 0 aliphatic rings. The van der Waals surface area contributed by atoms with Gasteiger partial charge in [-0.15, -0.1) is 0 Å². The van der Waals surface area contributed by atoms with Crippen LogP contribution in [0.2, 0.25) is 5.15 Å². The summed E-state index contributed by atoms with van der Waals surface area (Å²) in [5.41, 5.74) is 0. The summed E-state index contributed by atoms with van der Waals surface area (Å²) in [4.78, 5) is 10.3. The molecule has 0 unspecified atom stereocenters. The molecule has 1 aromatic rings. The van der Waals surface area contributed by atoms with E-state index in [4.69, 9.17) is 11.6 Å². The third-order valence-corrected chi connectivity index (χ3v) is 2.12. The van der Waals surface area contributed by atoms with Crippen LogP contribution in [-0.4, -0.2) is 23.1 Å². The van der Waals surface area contributed by atoms with Crippen LogP contribution < -0.4 is 4.90 Å². The van der Waals surface area contributed by atoms with Gasteiger partial charge in [0.25, 0.3) is 0 Å². The number of hydrogen-bond donors (Lipinski definition) is 0. The summed E-state index contributed by atoms with van der Waals surface area (Å²) < 4.78 is 0. The molecule has 0 saturated heterocycles. The number of nitrogens with zero attached hydrogens (tertiary/aromatic N) is 3. The largest absolute Gasteiger partial charge is 0.356 e. The zero-order valence-electron chi connectivity index (χ0n) is 8.87. The van der Waals surface area contributed by atoms with Gasteiger partial charge < -0.3 is 4.90 Å². The van der Waals surface area contributed by atoms with E-state index in [2.05, 4.69) is 35.6 Å². The van der Waals surface area contributed by atoms with Crippen LogP contribution in [-0.2, 0) is 0 Å². The molecular weight excluding hydrogens is 198 g/mol. The number of rotatable bonds is 4. The second-order valence-corrected chi connectivity index (χ2v) is 4.02. The monoisotopic (exact) mass is 213 g/mol. The Kier molecular flexibility index (Phi) is 4.14. The summed E-state index contributed by atoms with van der Waals surface area (Å²) in [5, 5.41) is 0.497. The summed E-state index contributed by atoms with van der Waals surface area (Å²) in [5.74, 6) is 1.52. The smallest absolute Gasteiger partial charge is 0.134 e. The molecule has 0 N–H and O–H groups in total. The number of aromatic nitrogens is 2. The van der Waals surface area contributed by atoms with Gasteiger partial charge in [0.2, 0.25) is 0 Å². The normalized spacial score (nSPS) is 10.6. The van der Waals surface area contributed by atoms with Crippen molar-refractivity contribution in [2.45, 2.75) is 20.8 Å². The average Bonchev–Trinajstić information content (AvgIpc) is 2.14. The van der Waals surface area contributed by atoms with Crippen LogP contribution in [0.5, 0.6) is 0 Å². The van der Waals surface area contributed by atoms with Gasteiger partial charge in [-0.2, -0.15) is 0 Å². The second-order valence-electron chi connectivity index (χ2n) is 3.63. The van der Waals surface area contributed by atoms with Crippen molar-refractivity contribution in [3.05, 3.63) is 17.5 Å². The minimum Gasteiger partial charge on any atom is -0.356 e. The molecule has 14 heavy (non-hydrogen) atoms. The molecule has 1 aromatic heterocycles. The average molecular weight is 214 g/mol. The molecule has 0 atom stereocenters. The molecule has 0 bridgehead atoms. The SMILES string of the molecule is CCN(CC(C)C)c1cc(Cl)ncn1. The Balaban J connectivity index is 2.78. The van der Waals surface area contributed by atoms with E-state index in [1.165, 1.54) is 6.33 Å². The molecular formula is C10H16ClN3. The Hall–Kier alpha value is -0.830. The van der Waals surface area contributed by atoms with E-state index >= 15 is 0 Å². The van der Waals surface area contributed by atoms with Gasteiger partial charge in [-0.1, -0.05) is 25.4 Å². The van der Waals surface area contributed by atoms with Gasteiger partial charge in [-0.3, -0.25) is 0 Å². The lowest BCUT2D eigenvalue weighted by molar-refractivity contribution is 0.614. The highest BCUT2D eigenvalue weighted by atomic mass is 35.5. The molecule has 0 aromatic carbocycles. The standard InChI is InChI=1S/C10H16ClN3/c1-4-14(6-8(2)3)10-5-9(11)12-7-13-10/h5,7-8H,4,6H2,1-3H3. The van der Waals surface area contributed by atoms with Crippen molar-refractivity contribution < 1.29 is 0 Å². The van der Waals surface area contributed by atoms with E-state index in [0.29, 0.717) is 11.1 Å². The van der Waals surface area contributed by atoms with Crippen LogP contribution in [0.15, 0.2) is 12.4 Å². The predicted molar refractivity (Wildman–Crippen MR) is 59.8 cm³/mol. The summed E-state index contributed by atoms with van der Waals surface area (Å²) in [7, 11) is 0. The maximum Gasteiger partial charge on any atom is 0.134 e. The Labute approximate surface area is 90.1 Å². The Morgan fingerprint density at radius 3 is 2.64 bits per heavy atom. The fraction of sp³-hybridized carbons (Fsp3) is 0.600. The van der Waals surface area contributed by atoms with Crippen molar-refractivity contribution in [1.29, 1.82) is 0 Å². The molecule has 0 saturated carbocycles. The molecule has 3 nitrogen and oxygen atoms in total. The highest BCUT2D eigenvalue weighted by molar-refractivity contribution is 6.29. The zero-order valence-corrected chi connectivity index (χ0v) is 9.62. The quantitative estimate of drug-likeness (QED) is 0.720. The van der Waals surface area contributed by atoms with Gasteiger partial charge in [-0.25, -0.2) is 9.97 Å². The maximum atomic E-state index is 5.80. The molecule has 1 heterocycles. The highest BCUT2D eigenvalue weighted by Gasteiger charge is 2.07. The van der Waals surface area contributed by atoms with Gasteiger partial charge in [0.1, 0.15) is 17.3 Å². The second kappa shape index (κ2) is 5.15. The third-order valence-electron chi connectivity index (χ3n) is 1.91. The lowest BCUT2D eigenvalue weighted by Gasteiger charge is -2.23. The molecule has 0 amide bonds. The number of halogens is 1. The first-order valence-electron chi connectivity index (χ1n) is 4.86. The highest BCUT2D eigenvalue weighted by Crippen LogP contribution is 2.15. The third kappa shape index (κ3) is 3.14. The fourth-order valence-corrected chi connectivity index (χ4v) is 1.46. The first kappa shape index (κ1) is 11.2. The first-order chi connectivity index (χ1) is 6.63. The lowest BCUT2D eigenvalue weighted by Crippen LogP contribution is -2.28. The molecule has 0 radical (unpaired) electrons. The van der Waals surface area contributed by atoms with Gasteiger partial charge >= 0.3 is 0 Å². The lowest BCUT2D eigenvalue weighted by atomic mass is 10.2. The van der Waals surface area contributed by atoms with Crippen molar-refractivity contribution >= 4 is 17.4 Å². The topological polar surface area (TPSA) is 29.0 Å². The Morgan fingerprint density at radius 1 is 1.43 bits per heavy atom. The van der Waals surface area contributed by atoms with E-state index in [1.54, 1.807) is 6.07 Å². The first-order valence-corrected chi connectivity index (χ1v) is 5.23. The van der Waals surface area contributed by atoms with Crippen LogP contribution in [0.1, 0.15) is 20.8 Å². The van der Waals surface area contributed by atoms with Crippen LogP contribution in [0.3, 0.4) is 0 Å². The van der Waals surface area contributed by atoms with E-state index in [9.17, 15) is 0 Å². The van der Waals surface area contributed by atoms with E-state index in [-0.39, 0.29) is 0 Å². The summed E-state index contributed by atoms with van der Waals surface area (Å²) in [6.07, 6.45) is 1.50. The van der Waals surface area contributed by atoms with E-state index < -0.39 is 0 Å². The predicted octanol–water partition coefficient (Wildman–Crippen LogP) is 2.61. The van der Waals surface area contributed by atoms with Crippen LogP contribution in [0.4, 0.5) is 5.82 Å².